The number of allylic oxidation sites excluding steroid dienone is 6. The van der Waals surface area contributed by atoms with Gasteiger partial charge in [-0.05, 0) is 38.5 Å². The number of carbonyl (C=O) groups excluding carboxylic acids is 1. The smallest absolute Gasteiger partial charge is 0.308 e. The van der Waals surface area contributed by atoms with Crippen LogP contribution in [-0.4, -0.2) is 66.5 Å². The van der Waals surface area contributed by atoms with Crippen LogP contribution in [-0.2, 0) is 14.3 Å². The van der Waals surface area contributed by atoms with Crippen molar-refractivity contribution >= 4 is 11.9 Å². The van der Waals surface area contributed by atoms with Gasteiger partial charge in [0.1, 0.15) is 6.54 Å². The van der Waals surface area contributed by atoms with Gasteiger partial charge in [0.05, 0.1) is 40.1 Å². The van der Waals surface area contributed by atoms with Gasteiger partial charge in [0, 0.05) is 0 Å². The van der Waals surface area contributed by atoms with Crippen molar-refractivity contribution in [2.75, 3.05) is 27.7 Å². The van der Waals surface area contributed by atoms with Crippen molar-refractivity contribution < 1.29 is 29.0 Å². The molecule has 0 radical (unpaired) electrons. The molecule has 0 spiro atoms. The normalized spacial score (nSPS) is 14.5. The Morgan fingerprint density at radius 2 is 1.52 bits per heavy atom. The number of hydrogen-bond acceptors (Lipinski definition) is 4. The topological polar surface area (TPSA) is 83.8 Å². The number of carboxylic acid groups (broad SMARTS) is 1. The van der Waals surface area contributed by atoms with Gasteiger partial charge in [-0.15, -0.1) is 0 Å². The lowest BCUT2D eigenvalue weighted by atomic mass is 10.1. The van der Waals surface area contributed by atoms with Crippen molar-refractivity contribution in [3.63, 3.8) is 0 Å². The molecular weight excluding hydrogens is 394 g/mol. The van der Waals surface area contributed by atoms with Gasteiger partial charge in [0.25, 0.3) is 0 Å². The van der Waals surface area contributed by atoms with Crippen LogP contribution in [0.2, 0.25) is 0 Å². The minimum absolute atomic E-state index is 0.0903. The Labute approximate surface area is 188 Å². The lowest BCUT2D eigenvalue weighted by molar-refractivity contribution is -0.873. The summed E-state index contributed by atoms with van der Waals surface area (Å²) >= 11 is 0. The van der Waals surface area contributed by atoms with Gasteiger partial charge in [-0.1, -0.05) is 56.2 Å². The van der Waals surface area contributed by atoms with Crippen LogP contribution < -0.4 is 0 Å². The molecular formula is C25H44NO5+. The molecule has 6 heteroatoms. The van der Waals surface area contributed by atoms with Crippen LogP contribution in [0.3, 0.4) is 0 Å². The fraction of sp³-hybridized carbons (Fsp3) is 0.680. The zero-order chi connectivity index (χ0) is 23.5. The van der Waals surface area contributed by atoms with E-state index in [9.17, 15) is 14.7 Å². The van der Waals surface area contributed by atoms with Gasteiger partial charge in [-0.2, -0.15) is 0 Å². The number of likely N-dealkylation sites (N-methyl/N-ethyl adjacent to an activating group) is 1. The molecule has 0 fully saturated rings. The molecule has 0 aromatic carbocycles. The molecule has 0 amide bonds. The number of hydrogen-bond donors (Lipinski definition) is 2. The number of nitrogens with zero attached hydrogens (tertiary/aromatic N) is 1. The summed E-state index contributed by atoms with van der Waals surface area (Å²) < 4.78 is 5.81. The van der Waals surface area contributed by atoms with Crippen molar-refractivity contribution in [2.45, 2.75) is 83.3 Å². The van der Waals surface area contributed by atoms with E-state index in [-0.39, 0.29) is 12.8 Å². The predicted octanol–water partition coefficient (Wildman–Crippen LogP) is 4.64. The van der Waals surface area contributed by atoms with E-state index in [1.165, 1.54) is 0 Å². The van der Waals surface area contributed by atoms with E-state index in [0.29, 0.717) is 17.4 Å². The third kappa shape index (κ3) is 21.1. The Kier molecular flexibility index (Phi) is 16.6. The number of aliphatic hydroxyl groups excluding tert-OH is 1. The van der Waals surface area contributed by atoms with Crippen LogP contribution in [0.5, 0.6) is 0 Å². The Morgan fingerprint density at radius 3 is 2.10 bits per heavy atom. The molecule has 0 aliphatic rings. The predicted molar refractivity (Wildman–Crippen MR) is 126 cm³/mol. The van der Waals surface area contributed by atoms with E-state index >= 15 is 0 Å². The van der Waals surface area contributed by atoms with Crippen molar-refractivity contribution in [3.8, 4) is 0 Å². The molecule has 0 saturated carbocycles. The molecule has 0 aliphatic carbocycles. The van der Waals surface area contributed by atoms with E-state index in [1.807, 2.05) is 21.1 Å². The van der Waals surface area contributed by atoms with Crippen LogP contribution in [0, 0.1) is 0 Å². The highest BCUT2D eigenvalue weighted by atomic mass is 16.5. The molecule has 31 heavy (non-hydrogen) atoms. The van der Waals surface area contributed by atoms with Crippen LogP contribution in [0.25, 0.3) is 0 Å². The van der Waals surface area contributed by atoms with E-state index < -0.39 is 24.1 Å². The summed E-state index contributed by atoms with van der Waals surface area (Å²) in [5, 5.41) is 19.1. The fourth-order valence-electron chi connectivity index (χ4n) is 3.12. The number of esters is 1. The fourth-order valence-corrected chi connectivity index (χ4v) is 3.12. The maximum atomic E-state index is 12.1. The lowest BCUT2D eigenvalue weighted by Crippen LogP contribution is -2.44. The first-order valence-electron chi connectivity index (χ1n) is 11.5. The second-order valence-electron chi connectivity index (χ2n) is 8.97. The lowest BCUT2D eigenvalue weighted by Gasteiger charge is -2.28. The summed E-state index contributed by atoms with van der Waals surface area (Å²) in [6.45, 7) is 2.54. The number of rotatable bonds is 18. The van der Waals surface area contributed by atoms with Gasteiger partial charge < -0.3 is 19.4 Å². The number of aliphatic carboxylic acids is 1. The summed E-state index contributed by atoms with van der Waals surface area (Å²) in [5.41, 5.74) is 0. The van der Waals surface area contributed by atoms with E-state index in [2.05, 4.69) is 43.4 Å². The molecule has 6 nitrogen and oxygen atoms in total. The largest absolute Gasteiger partial charge is 0.481 e. The molecule has 0 saturated heterocycles. The van der Waals surface area contributed by atoms with E-state index in [0.717, 1.165) is 44.9 Å². The first kappa shape index (κ1) is 29.1. The average Bonchev–Trinajstić information content (AvgIpc) is 2.63. The summed E-state index contributed by atoms with van der Waals surface area (Å²) in [5.74, 6) is -1.53. The highest BCUT2D eigenvalue weighted by Crippen LogP contribution is 2.12. The van der Waals surface area contributed by atoms with Crippen LogP contribution in [0.1, 0.15) is 71.1 Å². The molecule has 2 atom stereocenters. The summed E-state index contributed by atoms with van der Waals surface area (Å²) in [4.78, 5) is 23.1. The third-order valence-electron chi connectivity index (χ3n) is 4.54. The number of unbranched alkanes of at least 4 members (excludes halogenated alkanes) is 3. The SMILES string of the molecule is CC/C=C\C/C=C\C/C=C\CCCCCC(O)CC(=O)OC(CC(=O)O)C[N+](C)(C)C. The zero-order valence-electron chi connectivity index (χ0n) is 20.0. The standard InChI is InChI=1S/C25H43NO5/c1-5-6-7-8-9-10-11-12-13-14-15-16-17-18-22(27)19-25(30)31-23(20-24(28)29)21-26(2,3)4/h6-7,9-10,12-13,22-23,27H,5,8,11,14-21H2,1-4H3/p+1/b7-6-,10-9-,13-12-. The molecule has 2 unspecified atom stereocenters. The molecule has 0 heterocycles. The highest BCUT2D eigenvalue weighted by molar-refractivity contribution is 5.71. The van der Waals surface area contributed by atoms with Crippen molar-refractivity contribution in [1.82, 2.24) is 0 Å². The summed E-state index contributed by atoms with van der Waals surface area (Å²) in [7, 11) is 5.74. The molecule has 2 N–H and O–H groups in total. The third-order valence-corrected chi connectivity index (χ3v) is 4.54. The molecule has 178 valence electrons. The van der Waals surface area contributed by atoms with Crippen molar-refractivity contribution in [1.29, 1.82) is 0 Å². The Balaban J connectivity index is 3.93. The Hall–Kier alpha value is -1.92. The van der Waals surface area contributed by atoms with Crippen LogP contribution in [0.15, 0.2) is 36.5 Å². The number of ether oxygens (including phenoxy) is 1. The van der Waals surface area contributed by atoms with Crippen LogP contribution >= 0.6 is 0 Å². The quantitative estimate of drug-likeness (QED) is 0.141. The minimum Gasteiger partial charge on any atom is -0.481 e. The highest BCUT2D eigenvalue weighted by Gasteiger charge is 2.25. The van der Waals surface area contributed by atoms with Gasteiger partial charge in [-0.25, -0.2) is 0 Å². The maximum Gasteiger partial charge on any atom is 0.308 e. The number of quaternary nitrogens is 1. The molecule has 0 aliphatic heterocycles. The van der Waals surface area contributed by atoms with E-state index in [1.54, 1.807) is 0 Å². The van der Waals surface area contributed by atoms with Gasteiger partial charge in [-0.3, -0.25) is 9.59 Å². The number of carboxylic acids is 1. The average molecular weight is 439 g/mol. The second-order valence-corrected chi connectivity index (χ2v) is 8.97. The summed E-state index contributed by atoms with van der Waals surface area (Å²) in [6.07, 6.45) is 18.8. The van der Waals surface area contributed by atoms with Gasteiger partial charge in [0.2, 0.25) is 0 Å². The molecule has 0 aromatic heterocycles. The van der Waals surface area contributed by atoms with E-state index in [4.69, 9.17) is 9.84 Å². The zero-order valence-corrected chi connectivity index (χ0v) is 20.0. The van der Waals surface area contributed by atoms with Crippen molar-refractivity contribution in [2.24, 2.45) is 0 Å². The Morgan fingerprint density at radius 1 is 0.903 bits per heavy atom. The summed E-state index contributed by atoms with van der Waals surface area (Å²) in [6, 6.07) is 0. The molecule has 0 bridgehead atoms. The van der Waals surface area contributed by atoms with Crippen molar-refractivity contribution in [3.05, 3.63) is 36.5 Å². The molecule has 0 rings (SSSR count). The monoisotopic (exact) mass is 438 g/mol. The number of carbonyl (C=O) groups is 2. The Bertz CT molecular complexity index is 575. The first-order valence-corrected chi connectivity index (χ1v) is 11.5. The van der Waals surface area contributed by atoms with Gasteiger partial charge >= 0.3 is 11.9 Å². The molecule has 0 aromatic rings. The van der Waals surface area contributed by atoms with Crippen LogP contribution in [0.4, 0.5) is 0 Å². The minimum atomic E-state index is -0.999. The number of aliphatic hydroxyl groups is 1. The van der Waals surface area contributed by atoms with Gasteiger partial charge in [0.15, 0.2) is 6.10 Å². The maximum absolute atomic E-state index is 12.1. The first-order chi connectivity index (χ1) is 14.6. The second kappa shape index (κ2) is 17.7.